The summed E-state index contributed by atoms with van der Waals surface area (Å²) in [6.07, 6.45) is 0.0497. The number of rotatable bonds is 8. The van der Waals surface area contributed by atoms with Crippen molar-refractivity contribution in [3.8, 4) is 6.07 Å². The minimum absolute atomic E-state index is 0.000659. The van der Waals surface area contributed by atoms with Gasteiger partial charge in [-0.15, -0.1) is 0 Å². The van der Waals surface area contributed by atoms with Crippen molar-refractivity contribution in [2.24, 2.45) is 0 Å². The Morgan fingerprint density at radius 3 is 2.48 bits per heavy atom. The molecule has 2 aromatic rings. The first-order valence-corrected chi connectivity index (χ1v) is 9.16. The van der Waals surface area contributed by atoms with Gasteiger partial charge in [0.05, 0.1) is 23.6 Å². The lowest BCUT2D eigenvalue weighted by Gasteiger charge is -2.06. The zero-order valence-corrected chi connectivity index (χ0v) is 15.1. The van der Waals surface area contributed by atoms with E-state index in [1.807, 2.05) is 6.07 Å². The molecule has 0 amide bonds. The third-order valence-corrected chi connectivity index (χ3v) is 4.80. The Hall–Kier alpha value is -3.16. The normalized spacial score (nSPS) is 10.8. The summed E-state index contributed by atoms with van der Waals surface area (Å²) in [5, 5.41) is 8.44. The van der Waals surface area contributed by atoms with Crippen molar-refractivity contribution in [3.63, 3.8) is 0 Å². The van der Waals surface area contributed by atoms with Crippen LogP contribution in [0.25, 0.3) is 0 Å². The molecular weight excluding hydrogens is 376 g/mol. The molecule has 27 heavy (non-hydrogen) atoms. The summed E-state index contributed by atoms with van der Waals surface area (Å²) in [7, 11) is -2.53. The van der Waals surface area contributed by atoms with Crippen LogP contribution in [-0.4, -0.2) is 34.0 Å². The van der Waals surface area contributed by atoms with Gasteiger partial charge in [0.25, 0.3) is 0 Å². The molecule has 9 nitrogen and oxygen atoms in total. The molecule has 2 rings (SSSR count). The van der Waals surface area contributed by atoms with E-state index in [1.165, 1.54) is 43.5 Å². The van der Waals surface area contributed by atoms with Gasteiger partial charge in [-0.05, 0) is 36.4 Å². The van der Waals surface area contributed by atoms with Crippen LogP contribution in [0, 0.1) is 11.3 Å². The molecule has 0 saturated carbocycles. The molecule has 1 aromatic heterocycles. The quantitative estimate of drug-likeness (QED) is 0.529. The van der Waals surface area contributed by atoms with Crippen molar-refractivity contribution in [3.05, 3.63) is 53.5 Å². The summed E-state index contributed by atoms with van der Waals surface area (Å²) in [5.74, 6) is -1.09. The highest BCUT2D eigenvalue weighted by molar-refractivity contribution is 7.89. The van der Waals surface area contributed by atoms with Crippen molar-refractivity contribution < 1.29 is 31.9 Å². The summed E-state index contributed by atoms with van der Waals surface area (Å²) < 4.78 is 41.0. The van der Waals surface area contributed by atoms with Crippen molar-refractivity contribution in [1.29, 1.82) is 5.26 Å². The van der Waals surface area contributed by atoms with Gasteiger partial charge in [0.2, 0.25) is 15.8 Å². The first kappa shape index (κ1) is 20.2. The average molecular weight is 392 g/mol. The SMILES string of the molecule is COC(=O)c1ccc(COC(=O)c2ccc(S(=O)(=O)NCCC#N)cc2)o1. The van der Waals surface area contributed by atoms with Crippen LogP contribution in [0.3, 0.4) is 0 Å². The molecule has 0 spiro atoms. The zero-order valence-electron chi connectivity index (χ0n) is 14.3. The lowest BCUT2D eigenvalue weighted by atomic mass is 10.2. The Bertz CT molecular complexity index is 956. The summed E-state index contributed by atoms with van der Waals surface area (Å²) in [6.45, 7) is -0.203. The highest BCUT2D eigenvalue weighted by atomic mass is 32.2. The van der Waals surface area contributed by atoms with Gasteiger partial charge in [0.15, 0.2) is 0 Å². The number of methoxy groups -OCH3 is 1. The van der Waals surface area contributed by atoms with E-state index in [0.717, 1.165) is 0 Å². The van der Waals surface area contributed by atoms with Crippen molar-refractivity contribution in [2.45, 2.75) is 17.9 Å². The standard InChI is InChI=1S/C17H16N2O7S/c1-24-17(21)15-8-5-13(26-15)11-25-16(20)12-3-6-14(7-4-12)27(22,23)19-10-2-9-18/h3-8,19H,2,10-11H2,1H3. The second kappa shape index (κ2) is 8.98. The van der Waals surface area contributed by atoms with E-state index in [-0.39, 0.29) is 41.6 Å². The van der Waals surface area contributed by atoms with Gasteiger partial charge in [-0.3, -0.25) is 0 Å². The van der Waals surface area contributed by atoms with E-state index in [4.69, 9.17) is 14.4 Å². The number of nitrogens with zero attached hydrogens (tertiary/aromatic N) is 1. The first-order chi connectivity index (χ1) is 12.9. The largest absolute Gasteiger partial charge is 0.463 e. The van der Waals surface area contributed by atoms with E-state index in [9.17, 15) is 18.0 Å². The molecule has 0 bridgehead atoms. The molecule has 10 heteroatoms. The molecule has 142 valence electrons. The number of esters is 2. The minimum atomic E-state index is -3.75. The average Bonchev–Trinajstić information content (AvgIpc) is 3.14. The Morgan fingerprint density at radius 2 is 1.85 bits per heavy atom. The molecule has 0 aliphatic heterocycles. The van der Waals surface area contributed by atoms with Crippen LogP contribution >= 0.6 is 0 Å². The molecule has 0 unspecified atom stereocenters. The molecule has 1 heterocycles. The molecule has 0 saturated heterocycles. The maximum absolute atomic E-state index is 12.0. The number of carbonyl (C=O) groups is 2. The second-order valence-corrected chi connectivity index (χ2v) is 6.93. The monoisotopic (exact) mass is 392 g/mol. The Labute approximate surface area is 155 Å². The van der Waals surface area contributed by atoms with Gasteiger partial charge in [0, 0.05) is 13.0 Å². The highest BCUT2D eigenvalue weighted by Gasteiger charge is 2.16. The Morgan fingerprint density at radius 1 is 1.15 bits per heavy atom. The molecule has 0 aliphatic rings. The van der Waals surface area contributed by atoms with Gasteiger partial charge in [0.1, 0.15) is 12.4 Å². The topological polar surface area (TPSA) is 136 Å². The second-order valence-electron chi connectivity index (χ2n) is 5.16. The maximum atomic E-state index is 12.0. The Kier molecular flexibility index (Phi) is 6.70. The lowest BCUT2D eigenvalue weighted by molar-refractivity contribution is 0.0438. The number of nitrogens with one attached hydrogen (secondary N) is 1. The van der Waals surface area contributed by atoms with E-state index in [0.29, 0.717) is 0 Å². The molecule has 0 radical (unpaired) electrons. The smallest absolute Gasteiger partial charge is 0.373 e. The molecule has 0 aliphatic carbocycles. The number of benzene rings is 1. The van der Waals surface area contributed by atoms with Crippen LogP contribution in [-0.2, 0) is 26.1 Å². The number of sulfonamides is 1. The van der Waals surface area contributed by atoms with Gasteiger partial charge >= 0.3 is 11.9 Å². The predicted octanol–water partition coefficient (Wildman–Crippen LogP) is 1.62. The van der Waals surface area contributed by atoms with Crippen molar-refractivity contribution in [2.75, 3.05) is 13.7 Å². The summed E-state index contributed by atoms with van der Waals surface area (Å²) in [4.78, 5) is 23.3. The van der Waals surface area contributed by atoms with Gasteiger partial charge < -0.3 is 13.9 Å². The number of furan rings is 1. The fourth-order valence-corrected chi connectivity index (χ4v) is 3.01. The van der Waals surface area contributed by atoms with Crippen molar-refractivity contribution in [1.82, 2.24) is 4.72 Å². The van der Waals surface area contributed by atoms with Crippen LogP contribution in [0.1, 0.15) is 33.1 Å². The summed E-state index contributed by atoms with van der Waals surface area (Å²) in [6, 6.07) is 9.84. The fourth-order valence-electron chi connectivity index (χ4n) is 1.98. The van der Waals surface area contributed by atoms with E-state index in [1.54, 1.807) is 0 Å². The summed E-state index contributed by atoms with van der Waals surface area (Å²) >= 11 is 0. The van der Waals surface area contributed by atoms with Crippen LogP contribution in [0.4, 0.5) is 0 Å². The number of nitriles is 1. The molecule has 0 fully saturated rings. The highest BCUT2D eigenvalue weighted by Crippen LogP contribution is 2.14. The van der Waals surface area contributed by atoms with Crippen LogP contribution < -0.4 is 4.72 Å². The number of ether oxygens (including phenoxy) is 2. The van der Waals surface area contributed by atoms with E-state index in [2.05, 4.69) is 9.46 Å². The van der Waals surface area contributed by atoms with E-state index < -0.39 is 22.0 Å². The predicted molar refractivity (Wildman–Crippen MR) is 91.0 cm³/mol. The van der Waals surface area contributed by atoms with Gasteiger partial charge in [-0.2, -0.15) is 5.26 Å². The van der Waals surface area contributed by atoms with Crippen LogP contribution in [0.2, 0.25) is 0 Å². The lowest BCUT2D eigenvalue weighted by Crippen LogP contribution is -2.24. The van der Waals surface area contributed by atoms with Crippen LogP contribution in [0.5, 0.6) is 0 Å². The van der Waals surface area contributed by atoms with Gasteiger partial charge in [-0.1, -0.05) is 0 Å². The van der Waals surface area contributed by atoms with Gasteiger partial charge in [-0.25, -0.2) is 22.7 Å². The molecule has 1 aromatic carbocycles. The van der Waals surface area contributed by atoms with E-state index >= 15 is 0 Å². The maximum Gasteiger partial charge on any atom is 0.373 e. The first-order valence-electron chi connectivity index (χ1n) is 7.68. The minimum Gasteiger partial charge on any atom is -0.463 e. The summed E-state index contributed by atoms with van der Waals surface area (Å²) in [5.41, 5.74) is 0.144. The third-order valence-electron chi connectivity index (χ3n) is 3.32. The molecular formula is C17H16N2O7S. The number of hydrogen-bond acceptors (Lipinski definition) is 8. The number of hydrogen-bond donors (Lipinski definition) is 1. The van der Waals surface area contributed by atoms with Crippen molar-refractivity contribution >= 4 is 22.0 Å². The molecule has 0 atom stereocenters. The zero-order chi connectivity index (χ0) is 19.9. The third kappa shape index (κ3) is 5.40. The van der Waals surface area contributed by atoms with Crippen LogP contribution in [0.15, 0.2) is 45.7 Å². The number of carbonyl (C=O) groups excluding carboxylic acids is 2. The molecule has 1 N–H and O–H groups in total. The fraction of sp³-hybridized carbons (Fsp3) is 0.235. The Balaban J connectivity index is 1.96.